The Hall–Kier alpha value is -1.95. The fourth-order valence-electron chi connectivity index (χ4n) is 1.80. The Labute approximate surface area is 119 Å². The molecule has 0 saturated carbocycles. The maximum absolute atomic E-state index is 13.8. The Kier molecular flexibility index (Phi) is 4.04. The first-order valence-corrected chi connectivity index (χ1v) is 6.82. The van der Waals surface area contributed by atoms with Gasteiger partial charge in [-0.3, -0.25) is 0 Å². The van der Waals surface area contributed by atoms with Gasteiger partial charge in [0.05, 0.1) is 11.7 Å². The summed E-state index contributed by atoms with van der Waals surface area (Å²) >= 11 is 1.04. The van der Waals surface area contributed by atoms with Gasteiger partial charge < -0.3 is 10.5 Å². The monoisotopic (exact) mass is 297 g/mol. The number of benzene rings is 1. The van der Waals surface area contributed by atoms with Crippen LogP contribution in [0.3, 0.4) is 0 Å². The van der Waals surface area contributed by atoms with Crippen molar-refractivity contribution in [2.45, 2.75) is 20.0 Å². The van der Waals surface area contributed by atoms with Crippen molar-refractivity contribution < 1.29 is 18.3 Å². The van der Waals surface area contributed by atoms with Gasteiger partial charge in [0.1, 0.15) is 22.2 Å². The first-order chi connectivity index (χ1) is 9.41. The molecule has 106 valence electrons. The molecule has 6 heteroatoms. The summed E-state index contributed by atoms with van der Waals surface area (Å²) in [6.45, 7) is 3.37. The average molecular weight is 297 g/mol. The van der Waals surface area contributed by atoms with Gasteiger partial charge in [-0.1, -0.05) is 6.07 Å². The minimum absolute atomic E-state index is 0.00713. The van der Waals surface area contributed by atoms with E-state index in [9.17, 15) is 13.6 Å². The molecular weight excluding hydrogens is 284 g/mol. The van der Waals surface area contributed by atoms with Crippen molar-refractivity contribution in [1.82, 2.24) is 0 Å². The van der Waals surface area contributed by atoms with Crippen molar-refractivity contribution in [1.29, 1.82) is 0 Å². The van der Waals surface area contributed by atoms with Crippen LogP contribution in [0.15, 0.2) is 23.6 Å². The molecule has 0 bridgehead atoms. The number of anilines is 1. The van der Waals surface area contributed by atoms with Crippen LogP contribution in [-0.2, 0) is 4.74 Å². The summed E-state index contributed by atoms with van der Waals surface area (Å²) in [4.78, 5) is 12.0. The third-order valence-corrected chi connectivity index (χ3v) is 3.41. The number of ether oxygens (including phenoxy) is 1. The van der Waals surface area contributed by atoms with Crippen LogP contribution in [0.25, 0.3) is 11.1 Å². The van der Waals surface area contributed by atoms with Crippen LogP contribution in [0.1, 0.15) is 24.2 Å². The lowest BCUT2D eigenvalue weighted by Gasteiger charge is -2.10. The Bertz CT molecular complexity index is 632. The summed E-state index contributed by atoms with van der Waals surface area (Å²) in [5.41, 5.74) is 5.59. The number of rotatable bonds is 3. The third-order valence-electron chi connectivity index (χ3n) is 2.60. The third kappa shape index (κ3) is 2.65. The van der Waals surface area contributed by atoms with Crippen LogP contribution in [0.2, 0.25) is 0 Å². The van der Waals surface area contributed by atoms with E-state index < -0.39 is 17.6 Å². The van der Waals surface area contributed by atoms with Gasteiger partial charge in [0.15, 0.2) is 0 Å². The molecule has 2 rings (SSSR count). The largest absolute Gasteiger partial charge is 0.459 e. The predicted octanol–water partition coefficient (Wildman–Crippen LogP) is 3.84. The summed E-state index contributed by atoms with van der Waals surface area (Å²) in [7, 11) is 0. The quantitative estimate of drug-likeness (QED) is 0.876. The van der Waals surface area contributed by atoms with Crippen molar-refractivity contribution in [2.24, 2.45) is 0 Å². The lowest BCUT2D eigenvalue weighted by molar-refractivity contribution is 0.0380. The predicted molar refractivity (Wildman–Crippen MR) is 74.6 cm³/mol. The molecular formula is C14H13F2NO2S. The first-order valence-electron chi connectivity index (χ1n) is 5.94. The average Bonchev–Trinajstić information content (AvgIpc) is 2.70. The second-order valence-corrected chi connectivity index (χ2v) is 5.35. The molecule has 20 heavy (non-hydrogen) atoms. The smallest absolute Gasteiger partial charge is 0.342 e. The zero-order valence-electron chi connectivity index (χ0n) is 10.9. The van der Waals surface area contributed by atoms with Gasteiger partial charge in [-0.25, -0.2) is 13.6 Å². The molecule has 0 spiro atoms. The van der Waals surface area contributed by atoms with Crippen LogP contribution in [0.4, 0.5) is 13.8 Å². The second kappa shape index (κ2) is 5.58. The standard InChI is InChI=1S/C14H13F2NO2S/c1-7(2)19-14(18)12-8(6-20-13(12)17)11-9(15)4-3-5-10(11)16/h3-7H,17H2,1-2H3. The maximum atomic E-state index is 13.8. The van der Waals surface area contributed by atoms with Crippen LogP contribution < -0.4 is 5.73 Å². The van der Waals surface area contributed by atoms with Gasteiger partial charge in [0.2, 0.25) is 0 Å². The van der Waals surface area contributed by atoms with E-state index in [1.807, 2.05) is 0 Å². The molecule has 0 aliphatic carbocycles. The normalized spacial score (nSPS) is 10.8. The number of carbonyl (C=O) groups is 1. The van der Waals surface area contributed by atoms with Gasteiger partial charge in [-0.05, 0) is 26.0 Å². The highest BCUT2D eigenvalue weighted by Gasteiger charge is 2.24. The fraction of sp³-hybridized carbons (Fsp3) is 0.214. The summed E-state index contributed by atoms with van der Waals surface area (Å²) in [6, 6.07) is 3.52. The molecule has 0 atom stereocenters. The van der Waals surface area contributed by atoms with Gasteiger partial charge in [0, 0.05) is 10.9 Å². The van der Waals surface area contributed by atoms with Gasteiger partial charge in [-0.15, -0.1) is 11.3 Å². The van der Waals surface area contributed by atoms with Crippen molar-refractivity contribution in [2.75, 3.05) is 5.73 Å². The van der Waals surface area contributed by atoms with Crippen molar-refractivity contribution in [3.05, 3.63) is 40.8 Å². The van der Waals surface area contributed by atoms with Crippen LogP contribution in [0, 0.1) is 11.6 Å². The van der Waals surface area contributed by atoms with E-state index in [4.69, 9.17) is 10.5 Å². The summed E-state index contributed by atoms with van der Waals surface area (Å²) < 4.78 is 32.7. The molecule has 1 heterocycles. The first kappa shape index (κ1) is 14.5. The maximum Gasteiger partial charge on any atom is 0.342 e. The van der Waals surface area contributed by atoms with E-state index in [1.165, 1.54) is 11.4 Å². The molecule has 0 fully saturated rings. The summed E-state index contributed by atoms with van der Waals surface area (Å²) in [6.07, 6.45) is -0.347. The molecule has 1 aromatic carbocycles. The van der Waals surface area contributed by atoms with E-state index in [0.29, 0.717) is 0 Å². The SMILES string of the molecule is CC(C)OC(=O)c1c(-c2c(F)cccc2F)csc1N. The number of hydrogen-bond donors (Lipinski definition) is 1. The topological polar surface area (TPSA) is 52.3 Å². The van der Waals surface area contributed by atoms with Crippen molar-refractivity contribution in [3.63, 3.8) is 0 Å². The lowest BCUT2D eigenvalue weighted by atomic mass is 10.0. The Morgan fingerprint density at radius 1 is 1.30 bits per heavy atom. The molecule has 0 unspecified atom stereocenters. The zero-order valence-corrected chi connectivity index (χ0v) is 11.8. The van der Waals surface area contributed by atoms with Crippen LogP contribution in [-0.4, -0.2) is 12.1 Å². The van der Waals surface area contributed by atoms with E-state index in [2.05, 4.69) is 0 Å². The highest BCUT2D eigenvalue weighted by Crippen LogP contribution is 2.36. The van der Waals surface area contributed by atoms with E-state index in [0.717, 1.165) is 23.5 Å². The van der Waals surface area contributed by atoms with E-state index in [1.54, 1.807) is 13.8 Å². The highest BCUT2D eigenvalue weighted by molar-refractivity contribution is 7.14. The highest BCUT2D eigenvalue weighted by atomic mass is 32.1. The zero-order chi connectivity index (χ0) is 14.9. The number of halogens is 2. The molecule has 2 N–H and O–H groups in total. The molecule has 0 radical (unpaired) electrons. The van der Waals surface area contributed by atoms with Crippen LogP contribution in [0.5, 0.6) is 0 Å². The molecule has 2 aromatic rings. The number of nitrogens with two attached hydrogens (primary N) is 1. The number of hydrogen-bond acceptors (Lipinski definition) is 4. The molecule has 0 saturated heterocycles. The molecule has 3 nitrogen and oxygen atoms in total. The Morgan fingerprint density at radius 3 is 2.45 bits per heavy atom. The second-order valence-electron chi connectivity index (χ2n) is 4.44. The molecule has 1 aromatic heterocycles. The summed E-state index contributed by atoms with van der Waals surface area (Å²) in [5.74, 6) is -2.18. The van der Waals surface area contributed by atoms with Crippen molar-refractivity contribution >= 4 is 22.3 Å². The van der Waals surface area contributed by atoms with Crippen molar-refractivity contribution in [3.8, 4) is 11.1 Å². The molecule has 0 aliphatic heterocycles. The Morgan fingerprint density at radius 2 is 1.90 bits per heavy atom. The van der Waals surface area contributed by atoms with E-state index >= 15 is 0 Å². The molecule has 0 aliphatic rings. The minimum Gasteiger partial charge on any atom is -0.459 e. The Balaban J connectivity index is 2.57. The number of esters is 1. The fourth-order valence-corrected chi connectivity index (χ4v) is 2.59. The summed E-state index contributed by atoms with van der Waals surface area (Å²) in [5, 5.41) is 1.63. The number of nitrogen functional groups attached to an aromatic ring is 1. The number of carbonyl (C=O) groups excluding carboxylic acids is 1. The van der Waals surface area contributed by atoms with Gasteiger partial charge in [-0.2, -0.15) is 0 Å². The molecule has 0 amide bonds. The van der Waals surface area contributed by atoms with Crippen LogP contribution >= 0.6 is 11.3 Å². The van der Waals surface area contributed by atoms with Gasteiger partial charge >= 0.3 is 5.97 Å². The van der Waals surface area contributed by atoms with E-state index in [-0.39, 0.29) is 27.8 Å². The van der Waals surface area contributed by atoms with Gasteiger partial charge in [0.25, 0.3) is 0 Å². The minimum atomic E-state index is -0.749. The lowest BCUT2D eigenvalue weighted by Crippen LogP contribution is -2.13. The number of thiophene rings is 1.